The number of piperidine rings is 1. The van der Waals surface area contributed by atoms with E-state index >= 15 is 0 Å². The van der Waals surface area contributed by atoms with Crippen LogP contribution in [0.4, 0.5) is 4.79 Å². The molecule has 0 atom stereocenters. The second-order valence-electron chi connectivity index (χ2n) is 8.47. The van der Waals surface area contributed by atoms with E-state index in [0.717, 1.165) is 29.3 Å². The predicted octanol–water partition coefficient (Wildman–Crippen LogP) is 2.52. The van der Waals surface area contributed by atoms with Gasteiger partial charge in [0.15, 0.2) is 0 Å². The molecule has 156 valence electrons. The Balaban J connectivity index is 1.37. The fourth-order valence-corrected chi connectivity index (χ4v) is 4.37. The number of fused-ring (bicyclic) bond motifs is 1. The standard InChI is InChI=1S/C22H30N4O3/c1-16(2)24-21(28)25-9-7-22(8-10-25)15-26(11-12-29-22)20(27)13-17-14-23-19-6-4-3-5-18(17)19/h3-6,14,16,23H,7-13,15H2,1-2H3,(H,24,28). The number of nitrogens with zero attached hydrogens (tertiary/aromatic N) is 2. The van der Waals surface area contributed by atoms with E-state index < -0.39 is 0 Å². The molecule has 2 saturated heterocycles. The zero-order valence-corrected chi connectivity index (χ0v) is 17.2. The Morgan fingerprint density at radius 2 is 1.93 bits per heavy atom. The summed E-state index contributed by atoms with van der Waals surface area (Å²) in [6.07, 6.45) is 3.85. The Morgan fingerprint density at radius 1 is 1.17 bits per heavy atom. The van der Waals surface area contributed by atoms with E-state index in [2.05, 4.69) is 10.3 Å². The van der Waals surface area contributed by atoms with Gasteiger partial charge in [0.2, 0.25) is 5.91 Å². The normalized spacial score (nSPS) is 19.1. The van der Waals surface area contributed by atoms with Gasteiger partial charge in [-0.25, -0.2) is 4.79 Å². The number of urea groups is 1. The number of hydrogen-bond donors (Lipinski definition) is 2. The largest absolute Gasteiger partial charge is 0.371 e. The molecule has 2 aromatic rings. The molecular formula is C22H30N4O3. The summed E-state index contributed by atoms with van der Waals surface area (Å²) in [4.78, 5) is 32.3. The highest BCUT2D eigenvalue weighted by molar-refractivity contribution is 5.89. The summed E-state index contributed by atoms with van der Waals surface area (Å²) in [5.74, 6) is 0.136. The second kappa shape index (κ2) is 8.06. The summed E-state index contributed by atoms with van der Waals surface area (Å²) in [6.45, 7) is 7.02. The predicted molar refractivity (Wildman–Crippen MR) is 112 cm³/mol. The number of H-pyrrole nitrogens is 1. The molecule has 2 fully saturated rings. The van der Waals surface area contributed by atoms with Crippen molar-refractivity contribution in [3.8, 4) is 0 Å². The van der Waals surface area contributed by atoms with Gasteiger partial charge in [0.25, 0.3) is 0 Å². The Bertz CT molecular complexity index is 883. The average Bonchev–Trinajstić information content (AvgIpc) is 3.11. The molecule has 2 N–H and O–H groups in total. The van der Waals surface area contributed by atoms with Crippen LogP contribution in [0.3, 0.4) is 0 Å². The van der Waals surface area contributed by atoms with E-state index in [4.69, 9.17) is 4.74 Å². The number of benzene rings is 1. The number of carbonyl (C=O) groups excluding carboxylic acids is 2. The summed E-state index contributed by atoms with van der Waals surface area (Å²) in [5.41, 5.74) is 1.76. The lowest BCUT2D eigenvalue weighted by Gasteiger charge is -2.47. The van der Waals surface area contributed by atoms with Crippen LogP contribution in [0.25, 0.3) is 10.9 Å². The van der Waals surface area contributed by atoms with Crippen molar-refractivity contribution in [2.24, 2.45) is 0 Å². The SMILES string of the molecule is CC(C)NC(=O)N1CCC2(CC1)CN(C(=O)Cc1c[nH]c3ccccc13)CCO2. The topological polar surface area (TPSA) is 77.7 Å². The van der Waals surface area contributed by atoms with Crippen molar-refractivity contribution in [2.75, 3.05) is 32.8 Å². The lowest BCUT2D eigenvalue weighted by molar-refractivity contribution is -0.157. The number of para-hydroxylation sites is 1. The third kappa shape index (κ3) is 4.24. The highest BCUT2D eigenvalue weighted by Crippen LogP contribution is 2.31. The molecule has 0 radical (unpaired) electrons. The van der Waals surface area contributed by atoms with Crippen LogP contribution in [0.5, 0.6) is 0 Å². The van der Waals surface area contributed by atoms with Gasteiger partial charge in [0.05, 0.1) is 18.6 Å². The Labute approximate surface area is 171 Å². The maximum Gasteiger partial charge on any atom is 0.317 e. The number of hydrogen-bond acceptors (Lipinski definition) is 3. The van der Waals surface area contributed by atoms with Crippen molar-refractivity contribution >= 4 is 22.8 Å². The van der Waals surface area contributed by atoms with E-state index in [9.17, 15) is 9.59 Å². The summed E-state index contributed by atoms with van der Waals surface area (Å²) in [6, 6.07) is 8.17. The van der Waals surface area contributed by atoms with Gasteiger partial charge in [-0.3, -0.25) is 4.79 Å². The highest BCUT2D eigenvalue weighted by atomic mass is 16.5. The van der Waals surface area contributed by atoms with Gasteiger partial charge >= 0.3 is 6.03 Å². The van der Waals surface area contributed by atoms with Gasteiger partial charge in [-0.2, -0.15) is 0 Å². The number of aromatic amines is 1. The maximum atomic E-state index is 13.0. The summed E-state index contributed by atoms with van der Waals surface area (Å²) in [7, 11) is 0. The first-order chi connectivity index (χ1) is 14.0. The number of likely N-dealkylation sites (tertiary alicyclic amines) is 1. The lowest BCUT2D eigenvalue weighted by Crippen LogP contribution is -2.59. The molecule has 1 spiro atoms. The fraction of sp³-hybridized carbons (Fsp3) is 0.545. The van der Waals surface area contributed by atoms with Gasteiger partial charge in [0.1, 0.15) is 0 Å². The zero-order valence-electron chi connectivity index (χ0n) is 17.2. The van der Waals surface area contributed by atoms with Crippen LogP contribution in [0.1, 0.15) is 32.3 Å². The molecule has 29 heavy (non-hydrogen) atoms. The number of nitrogens with one attached hydrogen (secondary N) is 2. The molecule has 7 heteroatoms. The van der Waals surface area contributed by atoms with Crippen LogP contribution >= 0.6 is 0 Å². The van der Waals surface area contributed by atoms with Gasteiger partial charge in [0, 0.05) is 49.3 Å². The van der Waals surface area contributed by atoms with Crippen molar-refractivity contribution in [2.45, 2.75) is 44.8 Å². The van der Waals surface area contributed by atoms with E-state index in [1.165, 1.54) is 0 Å². The van der Waals surface area contributed by atoms with Gasteiger partial charge in [-0.05, 0) is 38.3 Å². The van der Waals surface area contributed by atoms with E-state index in [0.29, 0.717) is 39.2 Å². The van der Waals surface area contributed by atoms with Crippen molar-refractivity contribution in [3.63, 3.8) is 0 Å². The molecule has 0 saturated carbocycles. The number of carbonyl (C=O) groups is 2. The highest BCUT2D eigenvalue weighted by Gasteiger charge is 2.41. The molecule has 1 aromatic carbocycles. The molecule has 2 aliphatic heterocycles. The van der Waals surface area contributed by atoms with Crippen LogP contribution in [-0.2, 0) is 16.0 Å². The number of amides is 3. The summed E-state index contributed by atoms with van der Waals surface area (Å²) >= 11 is 0. The van der Waals surface area contributed by atoms with Crippen molar-refractivity contribution in [1.82, 2.24) is 20.1 Å². The fourth-order valence-electron chi connectivity index (χ4n) is 4.37. The molecule has 3 amide bonds. The monoisotopic (exact) mass is 398 g/mol. The minimum absolute atomic E-state index is 0.0158. The maximum absolute atomic E-state index is 13.0. The van der Waals surface area contributed by atoms with E-state index in [1.54, 1.807) is 0 Å². The molecule has 3 heterocycles. The van der Waals surface area contributed by atoms with Crippen LogP contribution in [0.15, 0.2) is 30.5 Å². The molecule has 0 aliphatic carbocycles. The smallest absolute Gasteiger partial charge is 0.317 e. The molecule has 0 unspecified atom stereocenters. The van der Waals surface area contributed by atoms with Gasteiger partial charge in [-0.15, -0.1) is 0 Å². The number of ether oxygens (including phenoxy) is 1. The second-order valence-corrected chi connectivity index (χ2v) is 8.47. The van der Waals surface area contributed by atoms with Crippen molar-refractivity contribution < 1.29 is 14.3 Å². The number of aromatic nitrogens is 1. The van der Waals surface area contributed by atoms with Gasteiger partial charge in [-0.1, -0.05) is 18.2 Å². The summed E-state index contributed by atoms with van der Waals surface area (Å²) in [5, 5.41) is 4.05. The van der Waals surface area contributed by atoms with E-state index in [-0.39, 0.29) is 23.6 Å². The minimum Gasteiger partial charge on any atom is -0.371 e. The first kappa shape index (κ1) is 19.8. The molecular weight excluding hydrogens is 368 g/mol. The number of rotatable bonds is 3. The van der Waals surface area contributed by atoms with Crippen LogP contribution in [0, 0.1) is 0 Å². The molecule has 1 aromatic heterocycles. The van der Waals surface area contributed by atoms with E-state index in [1.807, 2.05) is 54.1 Å². The molecule has 7 nitrogen and oxygen atoms in total. The first-order valence-electron chi connectivity index (χ1n) is 10.5. The van der Waals surface area contributed by atoms with Crippen molar-refractivity contribution in [1.29, 1.82) is 0 Å². The third-order valence-electron chi connectivity index (χ3n) is 5.99. The average molecular weight is 399 g/mol. The molecule has 0 bridgehead atoms. The first-order valence-corrected chi connectivity index (χ1v) is 10.5. The molecule has 2 aliphatic rings. The van der Waals surface area contributed by atoms with Crippen LogP contribution in [-0.4, -0.2) is 71.2 Å². The van der Waals surface area contributed by atoms with Gasteiger partial charge < -0.3 is 24.8 Å². The molecule has 4 rings (SSSR count). The minimum atomic E-state index is -0.331. The van der Waals surface area contributed by atoms with Crippen LogP contribution in [0.2, 0.25) is 0 Å². The van der Waals surface area contributed by atoms with Crippen molar-refractivity contribution in [3.05, 3.63) is 36.0 Å². The zero-order chi connectivity index (χ0) is 20.4. The quantitative estimate of drug-likeness (QED) is 0.834. The van der Waals surface area contributed by atoms with Crippen LogP contribution < -0.4 is 5.32 Å². The third-order valence-corrected chi connectivity index (χ3v) is 5.99. The Kier molecular flexibility index (Phi) is 5.50. The lowest BCUT2D eigenvalue weighted by atomic mass is 9.89. The Morgan fingerprint density at radius 3 is 2.69 bits per heavy atom. The summed E-state index contributed by atoms with van der Waals surface area (Å²) < 4.78 is 6.14. The number of morpholine rings is 1. The Hall–Kier alpha value is -2.54.